The Morgan fingerprint density at radius 3 is 2.32 bits per heavy atom. The van der Waals surface area contributed by atoms with Gasteiger partial charge in [-0.2, -0.15) is 5.10 Å². The summed E-state index contributed by atoms with van der Waals surface area (Å²) in [5.74, 6) is 1.88. The fourth-order valence-electron chi connectivity index (χ4n) is 1.91. The van der Waals surface area contributed by atoms with Crippen LogP contribution in [0.2, 0.25) is 0 Å². The van der Waals surface area contributed by atoms with Crippen LogP contribution in [0.15, 0.2) is 12.1 Å². The molecule has 1 heterocycles. The molecule has 1 unspecified atom stereocenters. The molecule has 1 rings (SSSR count). The van der Waals surface area contributed by atoms with E-state index in [1.54, 1.807) is 0 Å². The summed E-state index contributed by atoms with van der Waals surface area (Å²) in [6.45, 7) is 12.6. The van der Waals surface area contributed by atoms with Crippen LogP contribution in [-0.2, 0) is 6.54 Å². The highest BCUT2D eigenvalue weighted by Crippen LogP contribution is 2.12. The van der Waals surface area contributed by atoms with Crippen molar-refractivity contribution >= 4 is 0 Å². The van der Waals surface area contributed by atoms with Crippen molar-refractivity contribution in [2.75, 3.05) is 6.54 Å². The Labute approximate surface area is 117 Å². The molecule has 0 amide bonds. The van der Waals surface area contributed by atoms with Gasteiger partial charge in [0.1, 0.15) is 0 Å². The summed E-state index contributed by atoms with van der Waals surface area (Å²) in [6.07, 6.45) is 1.21. The molecule has 4 nitrogen and oxygen atoms in total. The second-order valence-corrected chi connectivity index (χ2v) is 5.95. The summed E-state index contributed by atoms with van der Waals surface area (Å²) < 4.78 is 5.73. The maximum absolute atomic E-state index is 5.73. The highest BCUT2D eigenvalue weighted by Gasteiger charge is 2.08. The van der Waals surface area contributed by atoms with E-state index in [-0.39, 0.29) is 6.10 Å². The fourth-order valence-corrected chi connectivity index (χ4v) is 1.91. The van der Waals surface area contributed by atoms with Crippen LogP contribution in [0.3, 0.4) is 0 Å². The van der Waals surface area contributed by atoms with Gasteiger partial charge in [-0.1, -0.05) is 27.7 Å². The molecule has 0 saturated carbocycles. The van der Waals surface area contributed by atoms with E-state index in [2.05, 4.69) is 50.1 Å². The van der Waals surface area contributed by atoms with E-state index in [1.165, 1.54) is 0 Å². The van der Waals surface area contributed by atoms with Gasteiger partial charge >= 0.3 is 0 Å². The van der Waals surface area contributed by atoms with Gasteiger partial charge in [-0.05, 0) is 37.8 Å². The summed E-state index contributed by atoms with van der Waals surface area (Å²) in [4.78, 5) is 0. The van der Waals surface area contributed by atoms with Crippen molar-refractivity contribution in [1.82, 2.24) is 15.5 Å². The SMILES string of the molecule is CC(C)CNCc1ccc(OC(C)CC(C)C)nn1. The molecule has 0 aliphatic rings. The molecule has 1 aromatic rings. The topological polar surface area (TPSA) is 47.0 Å². The molecule has 1 atom stereocenters. The van der Waals surface area contributed by atoms with Crippen LogP contribution in [0, 0.1) is 11.8 Å². The molecule has 0 bridgehead atoms. The van der Waals surface area contributed by atoms with Gasteiger partial charge in [0, 0.05) is 12.6 Å². The first-order valence-electron chi connectivity index (χ1n) is 7.17. The maximum Gasteiger partial charge on any atom is 0.233 e. The van der Waals surface area contributed by atoms with Gasteiger partial charge in [-0.15, -0.1) is 5.10 Å². The maximum atomic E-state index is 5.73. The molecule has 0 aliphatic heterocycles. The number of hydrogen-bond donors (Lipinski definition) is 1. The molecule has 0 spiro atoms. The summed E-state index contributed by atoms with van der Waals surface area (Å²) >= 11 is 0. The first-order chi connectivity index (χ1) is 8.97. The molecule has 1 N–H and O–H groups in total. The van der Waals surface area contributed by atoms with Gasteiger partial charge in [-0.25, -0.2) is 0 Å². The lowest BCUT2D eigenvalue weighted by molar-refractivity contribution is 0.183. The summed E-state index contributed by atoms with van der Waals surface area (Å²) in [5.41, 5.74) is 0.949. The highest BCUT2D eigenvalue weighted by molar-refractivity contribution is 5.11. The molecule has 108 valence electrons. The van der Waals surface area contributed by atoms with Crippen molar-refractivity contribution < 1.29 is 4.74 Å². The standard InChI is InChI=1S/C15H27N3O/c1-11(2)8-13(5)19-15-7-6-14(17-18-15)10-16-9-12(3)4/h6-7,11-13,16H,8-10H2,1-5H3. The first-order valence-corrected chi connectivity index (χ1v) is 7.17. The zero-order valence-corrected chi connectivity index (χ0v) is 12.8. The number of ether oxygens (including phenoxy) is 1. The van der Waals surface area contributed by atoms with Gasteiger partial charge < -0.3 is 10.1 Å². The Bertz CT molecular complexity index is 349. The van der Waals surface area contributed by atoms with Crippen LogP contribution in [0.5, 0.6) is 5.88 Å². The lowest BCUT2D eigenvalue weighted by Crippen LogP contribution is -2.20. The van der Waals surface area contributed by atoms with E-state index in [0.29, 0.717) is 17.7 Å². The third-order valence-electron chi connectivity index (χ3n) is 2.68. The van der Waals surface area contributed by atoms with Crippen LogP contribution < -0.4 is 10.1 Å². The largest absolute Gasteiger partial charge is 0.474 e. The normalized spacial score (nSPS) is 13.0. The van der Waals surface area contributed by atoms with E-state index >= 15 is 0 Å². The van der Waals surface area contributed by atoms with Crippen LogP contribution in [-0.4, -0.2) is 22.8 Å². The predicted molar refractivity (Wildman–Crippen MR) is 78.1 cm³/mol. The van der Waals surface area contributed by atoms with Gasteiger partial charge in [0.05, 0.1) is 11.8 Å². The fraction of sp³-hybridized carbons (Fsp3) is 0.733. The molecule has 19 heavy (non-hydrogen) atoms. The minimum atomic E-state index is 0.180. The monoisotopic (exact) mass is 265 g/mol. The lowest BCUT2D eigenvalue weighted by Gasteiger charge is -2.15. The van der Waals surface area contributed by atoms with Crippen molar-refractivity contribution in [2.45, 2.75) is 53.7 Å². The van der Waals surface area contributed by atoms with E-state index in [4.69, 9.17) is 4.74 Å². The molecule has 1 aromatic heterocycles. The average Bonchev–Trinajstić information content (AvgIpc) is 2.29. The Morgan fingerprint density at radius 2 is 1.79 bits per heavy atom. The van der Waals surface area contributed by atoms with Crippen LogP contribution in [0.25, 0.3) is 0 Å². The van der Waals surface area contributed by atoms with Gasteiger partial charge in [0.2, 0.25) is 5.88 Å². The van der Waals surface area contributed by atoms with E-state index < -0.39 is 0 Å². The Morgan fingerprint density at radius 1 is 1.05 bits per heavy atom. The highest BCUT2D eigenvalue weighted by atomic mass is 16.5. The van der Waals surface area contributed by atoms with Crippen molar-refractivity contribution in [3.8, 4) is 5.88 Å². The van der Waals surface area contributed by atoms with Crippen molar-refractivity contribution in [3.63, 3.8) is 0 Å². The number of rotatable bonds is 8. The van der Waals surface area contributed by atoms with Crippen molar-refractivity contribution in [3.05, 3.63) is 17.8 Å². The first kappa shape index (κ1) is 15.9. The van der Waals surface area contributed by atoms with E-state index in [1.807, 2.05) is 12.1 Å². The van der Waals surface area contributed by atoms with Gasteiger partial charge in [-0.3, -0.25) is 0 Å². The minimum absolute atomic E-state index is 0.180. The molecule has 0 fully saturated rings. The number of aromatic nitrogens is 2. The molecule has 0 saturated heterocycles. The summed E-state index contributed by atoms with van der Waals surface area (Å²) in [7, 11) is 0. The van der Waals surface area contributed by atoms with Crippen LogP contribution in [0.1, 0.15) is 46.7 Å². The van der Waals surface area contributed by atoms with Gasteiger partial charge in [0.25, 0.3) is 0 Å². The average molecular weight is 265 g/mol. The quantitative estimate of drug-likeness (QED) is 0.785. The van der Waals surface area contributed by atoms with Gasteiger partial charge in [0.15, 0.2) is 0 Å². The smallest absolute Gasteiger partial charge is 0.233 e. The predicted octanol–water partition coefficient (Wildman–Crippen LogP) is 3.04. The third-order valence-corrected chi connectivity index (χ3v) is 2.68. The Kier molecular flexibility index (Phi) is 6.78. The molecule has 0 aromatic carbocycles. The molecule has 0 radical (unpaired) electrons. The van der Waals surface area contributed by atoms with Crippen LogP contribution >= 0.6 is 0 Å². The molecular weight excluding hydrogens is 238 g/mol. The summed E-state index contributed by atoms with van der Waals surface area (Å²) in [5, 5.41) is 11.6. The van der Waals surface area contributed by atoms with Crippen molar-refractivity contribution in [2.24, 2.45) is 11.8 Å². The molecule has 0 aliphatic carbocycles. The van der Waals surface area contributed by atoms with E-state index in [0.717, 1.165) is 25.2 Å². The molecular formula is C15H27N3O. The number of hydrogen-bond acceptors (Lipinski definition) is 4. The van der Waals surface area contributed by atoms with E-state index in [9.17, 15) is 0 Å². The van der Waals surface area contributed by atoms with Crippen LogP contribution in [0.4, 0.5) is 0 Å². The lowest BCUT2D eigenvalue weighted by atomic mass is 10.1. The Balaban J connectivity index is 2.38. The zero-order valence-electron chi connectivity index (χ0n) is 12.8. The third kappa shape index (κ3) is 7.11. The van der Waals surface area contributed by atoms with Crippen molar-refractivity contribution in [1.29, 1.82) is 0 Å². The number of nitrogens with one attached hydrogen (secondary N) is 1. The minimum Gasteiger partial charge on any atom is -0.474 e. The second-order valence-electron chi connectivity index (χ2n) is 5.95. The Hall–Kier alpha value is -1.16. The zero-order chi connectivity index (χ0) is 14.3. The number of nitrogens with zero attached hydrogens (tertiary/aromatic N) is 2. The molecule has 4 heteroatoms. The second kappa shape index (κ2) is 8.10. The summed E-state index contributed by atoms with van der Waals surface area (Å²) in [6, 6.07) is 3.87.